The molecule has 19 heteroatoms. The van der Waals surface area contributed by atoms with E-state index in [1.807, 2.05) is 48.9 Å². The summed E-state index contributed by atoms with van der Waals surface area (Å²) in [6.45, 7) is 41.4. The molecular weight excluding hydrogens is 1210 g/mol. The number of halogens is 4. The molecule has 0 aliphatic carbocycles. The maximum atomic E-state index is 13.7. The highest BCUT2D eigenvalue weighted by molar-refractivity contribution is 7.18. The number of amides is 1. The summed E-state index contributed by atoms with van der Waals surface area (Å²) in [7, 11) is 0. The number of aromatic carboxylic acids is 1. The minimum absolute atomic E-state index is 0.00342. The predicted molar refractivity (Wildman–Crippen MR) is 371 cm³/mol. The number of aromatic nitrogens is 2. The molecule has 6 aromatic heterocycles. The number of hydrogen-bond donors (Lipinski definition) is 2. The van der Waals surface area contributed by atoms with Gasteiger partial charge in [0, 0.05) is 63.5 Å². The van der Waals surface area contributed by atoms with E-state index in [0.717, 1.165) is 128 Å². The second kappa shape index (κ2) is 37.3. The van der Waals surface area contributed by atoms with Gasteiger partial charge in [-0.15, -0.1) is 34.0 Å². The molecule has 2 saturated heterocycles. The van der Waals surface area contributed by atoms with Crippen LogP contribution < -0.4 is 26.2 Å². The van der Waals surface area contributed by atoms with Gasteiger partial charge in [-0.3, -0.25) is 14.4 Å². The summed E-state index contributed by atoms with van der Waals surface area (Å²) in [5, 5.41) is 14.7. The van der Waals surface area contributed by atoms with E-state index in [4.69, 9.17) is 5.11 Å². The predicted octanol–water partition coefficient (Wildman–Crippen LogP) is 18.0. The van der Waals surface area contributed by atoms with Crippen LogP contribution in [0.25, 0.3) is 20.4 Å². The number of nitrogens with one attached hydrogen (secondary N) is 1. The molecule has 0 saturated carbocycles. The summed E-state index contributed by atoms with van der Waals surface area (Å²) in [6.07, 6.45) is 2.61. The first-order valence-corrected chi connectivity index (χ1v) is 34.4. The average molecular weight is 1310 g/mol. The number of nitrogens with zero attached hydrogens (tertiary/aromatic N) is 5. The van der Waals surface area contributed by atoms with Crippen LogP contribution in [0.5, 0.6) is 0 Å². The summed E-state index contributed by atoms with van der Waals surface area (Å²) >= 11 is 4.72. The Hall–Kier alpha value is -6.12. The van der Waals surface area contributed by atoms with Gasteiger partial charge in [0.2, 0.25) is 0 Å². The third-order valence-electron chi connectivity index (χ3n) is 15.8. The normalized spacial score (nSPS) is 13.0. The van der Waals surface area contributed by atoms with Gasteiger partial charge in [-0.2, -0.15) is 8.78 Å². The van der Waals surface area contributed by atoms with Gasteiger partial charge in [-0.1, -0.05) is 145 Å². The Balaban J connectivity index is 0.000000262. The molecule has 488 valence electrons. The van der Waals surface area contributed by atoms with E-state index in [2.05, 4.69) is 112 Å². The van der Waals surface area contributed by atoms with Crippen molar-refractivity contribution in [1.29, 1.82) is 0 Å². The zero-order chi connectivity index (χ0) is 66.2. The molecule has 1 amide bonds. The maximum absolute atomic E-state index is 13.7. The van der Waals surface area contributed by atoms with Crippen LogP contribution in [0.2, 0.25) is 0 Å². The number of fused-ring (bicyclic) bond motifs is 2. The second-order valence-corrected chi connectivity index (χ2v) is 28.3. The third-order valence-corrected chi connectivity index (χ3v) is 19.3. The first kappa shape index (κ1) is 75.3. The zero-order valence-corrected chi connectivity index (χ0v) is 58.4. The van der Waals surface area contributed by atoms with E-state index >= 15 is 0 Å². The molecule has 2 aliphatic rings. The van der Waals surface area contributed by atoms with Crippen molar-refractivity contribution in [3.8, 4) is 0 Å². The van der Waals surface area contributed by atoms with Crippen LogP contribution in [0, 0.1) is 71.3 Å². The lowest BCUT2D eigenvalue weighted by Crippen LogP contribution is -2.49. The molecule has 8 heterocycles. The Bertz CT molecular complexity index is 3530. The molecule has 2 fully saturated rings. The van der Waals surface area contributed by atoms with Gasteiger partial charge in [-0.25, -0.2) is 13.6 Å². The number of carbonyl (C=O) groups is 2. The quantitative estimate of drug-likeness (QED) is 0.116. The van der Waals surface area contributed by atoms with E-state index in [-0.39, 0.29) is 38.7 Å². The fourth-order valence-corrected chi connectivity index (χ4v) is 11.6. The maximum Gasteiger partial charge on any atom is 0.345 e. The van der Waals surface area contributed by atoms with Crippen LogP contribution in [0.4, 0.5) is 28.9 Å². The number of anilines is 2. The number of piperazine rings is 2. The second-order valence-electron chi connectivity index (χ2n) is 24.4. The SMILES string of the molecule is CC(C)C(C)C.CC(C)C(C)C.CCC(C)C.CCC(C)C.Cc1c(N2CCN(C(=O)c3ccc(F)s3)CC2)c2sccc2n(Cc2cccc(F)c2)c1=O.Cc1c(N2CCNCC2)c2sccc2n(Cc2cccc(F)c2)c1=O.O=C(O)c1ccc(F)s1. The lowest BCUT2D eigenvalue weighted by atomic mass is 10.0. The Morgan fingerprint density at radius 3 is 1.21 bits per heavy atom. The Labute approximate surface area is 542 Å². The molecule has 8 aromatic rings. The van der Waals surface area contributed by atoms with E-state index in [1.165, 1.54) is 55.3 Å². The smallest absolute Gasteiger partial charge is 0.345 e. The fourth-order valence-electron chi connectivity index (χ4n) is 8.30. The molecule has 0 atom stereocenters. The first-order chi connectivity index (χ1) is 42.1. The molecule has 89 heavy (non-hydrogen) atoms. The summed E-state index contributed by atoms with van der Waals surface area (Å²) in [5.74, 6) is 3.33. The molecule has 0 radical (unpaired) electrons. The lowest BCUT2D eigenvalue weighted by molar-refractivity contribution is 0.0700. The van der Waals surface area contributed by atoms with E-state index in [0.29, 0.717) is 61.0 Å². The number of carbonyl (C=O) groups excluding carboxylic acids is 1. The Morgan fingerprint density at radius 2 is 0.899 bits per heavy atom. The van der Waals surface area contributed by atoms with Crippen molar-refractivity contribution < 1.29 is 32.3 Å². The van der Waals surface area contributed by atoms with Crippen LogP contribution in [0.3, 0.4) is 0 Å². The van der Waals surface area contributed by atoms with Gasteiger partial charge >= 0.3 is 5.97 Å². The van der Waals surface area contributed by atoms with Gasteiger partial charge < -0.3 is 34.3 Å². The summed E-state index contributed by atoms with van der Waals surface area (Å²) < 4.78 is 58.1. The number of hydrogen-bond acceptors (Lipinski definition) is 11. The largest absolute Gasteiger partial charge is 0.477 e. The summed E-state index contributed by atoms with van der Waals surface area (Å²) in [6, 6.07) is 21.9. The standard InChI is InChI=1S/C24H21F2N3O2S2.C19H20FN3OS.2C6H14.C5H3FO2S.2C5H12/c1-15-21(27-8-10-28(11-9-27)24(31)19-5-6-20(26)33-19)22-18(7-12-32-22)29(23(15)30)14-16-3-2-4-17(25)13-16;1-13-17(22-8-6-21-7-9-22)18-16(5-10-25-18)23(19(13)24)12-14-3-2-4-15(20)11-14;2*1-5(2)6(3)4;6-4-2-1-3(9-4)5(7)8;2*1-4-5(2)3/h2-7,12-13H,8-11,14H2,1H3;2-5,10-11,21H,6-9,12H2,1H3;2*5-6H,1-4H3;1-2H,(H,7,8);2*5H,4H2,1-3H3. The minimum Gasteiger partial charge on any atom is -0.477 e. The van der Waals surface area contributed by atoms with Crippen molar-refractivity contribution in [2.45, 2.75) is 137 Å². The highest BCUT2D eigenvalue weighted by Crippen LogP contribution is 2.35. The van der Waals surface area contributed by atoms with Crippen LogP contribution in [0.15, 0.2) is 105 Å². The molecule has 2 aliphatic heterocycles. The van der Waals surface area contributed by atoms with Crippen molar-refractivity contribution in [3.63, 3.8) is 0 Å². The van der Waals surface area contributed by atoms with Gasteiger partial charge in [0.05, 0.1) is 49.8 Å². The van der Waals surface area contributed by atoms with Gasteiger partial charge in [0.15, 0.2) is 10.3 Å². The van der Waals surface area contributed by atoms with Crippen LogP contribution >= 0.6 is 45.3 Å². The first-order valence-electron chi connectivity index (χ1n) is 31.0. The topological polar surface area (TPSA) is 120 Å². The Kier molecular flexibility index (Phi) is 31.5. The van der Waals surface area contributed by atoms with Gasteiger partial charge in [0.1, 0.15) is 16.5 Å². The van der Waals surface area contributed by atoms with Gasteiger partial charge in [-0.05, 0) is 132 Å². The number of carboxylic acid groups (broad SMARTS) is 1. The number of benzene rings is 2. The Morgan fingerprint density at radius 1 is 0.528 bits per heavy atom. The van der Waals surface area contributed by atoms with Crippen LogP contribution in [0.1, 0.15) is 151 Å². The van der Waals surface area contributed by atoms with E-state index in [1.54, 1.807) is 48.8 Å². The number of pyridine rings is 2. The van der Waals surface area contributed by atoms with Gasteiger partial charge in [0.25, 0.3) is 17.0 Å². The lowest BCUT2D eigenvalue weighted by Gasteiger charge is -2.37. The van der Waals surface area contributed by atoms with E-state index < -0.39 is 11.1 Å². The van der Waals surface area contributed by atoms with Crippen molar-refractivity contribution >= 4 is 89.0 Å². The monoisotopic (exact) mass is 1300 g/mol. The average Bonchev–Trinajstić information content (AvgIpc) is 1.39. The summed E-state index contributed by atoms with van der Waals surface area (Å²) in [5.41, 5.74) is 6.55. The van der Waals surface area contributed by atoms with E-state index in [9.17, 15) is 36.7 Å². The molecule has 2 aromatic carbocycles. The summed E-state index contributed by atoms with van der Waals surface area (Å²) in [4.78, 5) is 55.8. The zero-order valence-electron chi connectivity index (χ0n) is 55.1. The molecule has 10 rings (SSSR count). The molecule has 0 spiro atoms. The fraction of sp³-hybridized carbons (Fsp3) is 0.486. The van der Waals surface area contributed by atoms with Crippen LogP contribution in [-0.2, 0) is 13.1 Å². The van der Waals surface area contributed by atoms with Crippen molar-refractivity contribution in [2.75, 3.05) is 62.2 Å². The number of thiophene rings is 4. The molecule has 11 nitrogen and oxygen atoms in total. The molecule has 0 bridgehead atoms. The van der Waals surface area contributed by atoms with Crippen LogP contribution in [-0.4, -0.2) is 83.4 Å². The highest BCUT2D eigenvalue weighted by Gasteiger charge is 2.28. The van der Waals surface area contributed by atoms with Crippen molar-refractivity contribution in [2.24, 2.45) is 35.5 Å². The van der Waals surface area contributed by atoms with Crippen molar-refractivity contribution in [3.05, 3.63) is 170 Å². The molecular formula is C70H96F4N6O5S4. The minimum atomic E-state index is -1.08. The van der Waals surface area contributed by atoms with Crippen molar-refractivity contribution in [1.82, 2.24) is 19.4 Å². The number of rotatable bonds is 12. The third kappa shape index (κ3) is 23.3. The molecule has 2 N–H and O–H groups in total. The molecule has 0 unspecified atom stereocenters. The highest BCUT2D eigenvalue weighted by atomic mass is 32.1. The number of carboxylic acids is 1.